The number of hydrogen-bond acceptors (Lipinski definition) is 2. The Balaban J connectivity index is 2.23. The van der Waals surface area contributed by atoms with Crippen molar-refractivity contribution in [2.45, 2.75) is 58.5 Å². The van der Waals surface area contributed by atoms with Gasteiger partial charge in [-0.05, 0) is 45.2 Å². The SMILES string of the molecule is CCCC(CCCc1cnn(CC)c1)NC. The highest BCUT2D eigenvalue weighted by molar-refractivity contribution is 5.03. The minimum Gasteiger partial charge on any atom is -0.317 e. The van der Waals surface area contributed by atoms with Crippen LogP contribution in [0.3, 0.4) is 0 Å². The average molecular weight is 223 g/mol. The Labute approximate surface area is 99.2 Å². The molecule has 0 radical (unpaired) electrons. The van der Waals surface area contributed by atoms with Gasteiger partial charge in [0.2, 0.25) is 0 Å². The van der Waals surface area contributed by atoms with Crippen molar-refractivity contribution < 1.29 is 0 Å². The summed E-state index contributed by atoms with van der Waals surface area (Å²) in [7, 11) is 2.06. The lowest BCUT2D eigenvalue weighted by molar-refractivity contribution is 0.469. The molecule has 0 saturated carbocycles. The van der Waals surface area contributed by atoms with Crippen molar-refractivity contribution in [3.63, 3.8) is 0 Å². The summed E-state index contributed by atoms with van der Waals surface area (Å²) in [6, 6.07) is 0.686. The second-order valence-electron chi connectivity index (χ2n) is 4.37. The Hall–Kier alpha value is -0.830. The molecule has 3 nitrogen and oxygen atoms in total. The normalized spacial score (nSPS) is 12.9. The van der Waals surface area contributed by atoms with Crippen LogP contribution in [0.5, 0.6) is 0 Å². The Kier molecular flexibility index (Phi) is 6.16. The fraction of sp³-hybridized carbons (Fsp3) is 0.769. The van der Waals surface area contributed by atoms with E-state index in [-0.39, 0.29) is 0 Å². The largest absolute Gasteiger partial charge is 0.317 e. The van der Waals surface area contributed by atoms with Gasteiger partial charge >= 0.3 is 0 Å². The maximum absolute atomic E-state index is 4.29. The molecule has 92 valence electrons. The lowest BCUT2D eigenvalue weighted by Crippen LogP contribution is -2.24. The predicted molar refractivity (Wildman–Crippen MR) is 68.6 cm³/mol. The quantitative estimate of drug-likeness (QED) is 0.734. The lowest BCUT2D eigenvalue weighted by atomic mass is 10.0. The molecule has 0 amide bonds. The molecule has 3 heteroatoms. The van der Waals surface area contributed by atoms with E-state index in [4.69, 9.17) is 0 Å². The molecule has 0 aliphatic rings. The van der Waals surface area contributed by atoms with E-state index in [0.29, 0.717) is 6.04 Å². The zero-order chi connectivity index (χ0) is 11.8. The predicted octanol–water partition coefficient (Wildman–Crippen LogP) is 2.61. The molecule has 0 spiro atoms. The third-order valence-corrected chi connectivity index (χ3v) is 3.07. The van der Waals surface area contributed by atoms with E-state index >= 15 is 0 Å². The molecular weight excluding hydrogens is 198 g/mol. The third kappa shape index (κ3) is 4.35. The van der Waals surface area contributed by atoms with Gasteiger partial charge in [0.05, 0.1) is 6.20 Å². The monoisotopic (exact) mass is 223 g/mol. The fourth-order valence-corrected chi connectivity index (χ4v) is 2.04. The Bertz CT molecular complexity index is 280. The second-order valence-corrected chi connectivity index (χ2v) is 4.37. The minimum atomic E-state index is 0.686. The first kappa shape index (κ1) is 13.2. The zero-order valence-electron chi connectivity index (χ0n) is 10.9. The summed E-state index contributed by atoms with van der Waals surface area (Å²) in [5.41, 5.74) is 1.37. The lowest BCUT2D eigenvalue weighted by Gasteiger charge is -2.14. The van der Waals surface area contributed by atoms with Crippen LogP contribution in [0.25, 0.3) is 0 Å². The van der Waals surface area contributed by atoms with Crippen LogP contribution in [0.15, 0.2) is 12.4 Å². The molecule has 0 bridgehead atoms. The van der Waals surface area contributed by atoms with Gasteiger partial charge in [0.1, 0.15) is 0 Å². The first-order valence-corrected chi connectivity index (χ1v) is 6.48. The summed E-state index contributed by atoms with van der Waals surface area (Å²) in [5, 5.41) is 7.67. The van der Waals surface area contributed by atoms with Crippen LogP contribution in [0, 0.1) is 0 Å². The molecular formula is C13H25N3. The first-order valence-electron chi connectivity index (χ1n) is 6.48. The van der Waals surface area contributed by atoms with Crippen LogP contribution in [-0.2, 0) is 13.0 Å². The van der Waals surface area contributed by atoms with Crippen molar-refractivity contribution >= 4 is 0 Å². The highest BCUT2D eigenvalue weighted by Gasteiger charge is 2.04. The van der Waals surface area contributed by atoms with Crippen molar-refractivity contribution in [3.8, 4) is 0 Å². The second kappa shape index (κ2) is 7.44. The number of rotatable bonds is 8. The number of nitrogens with zero attached hydrogens (tertiary/aromatic N) is 2. The first-order chi connectivity index (χ1) is 7.80. The van der Waals surface area contributed by atoms with Gasteiger partial charge in [-0.25, -0.2) is 0 Å². The van der Waals surface area contributed by atoms with Gasteiger partial charge in [-0.15, -0.1) is 0 Å². The smallest absolute Gasteiger partial charge is 0.0521 e. The Morgan fingerprint density at radius 3 is 2.75 bits per heavy atom. The maximum atomic E-state index is 4.29. The summed E-state index contributed by atoms with van der Waals surface area (Å²) >= 11 is 0. The van der Waals surface area contributed by atoms with Gasteiger partial charge < -0.3 is 5.32 Å². The Morgan fingerprint density at radius 1 is 1.38 bits per heavy atom. The number of nitrogens with one attached hydrogen (secondary N) is 1. The molecule has 1 rings (SSSR count). The topological polar surface area (TPSA) is 29.9 Å². The molecule has 16 heavy (non-hydrogen) atoms. The van der Waals surface area contributed by atoms with E-state index in [1.165, 1.54) is 31.2 Å². The summed E-state index contributed by atoms with van der Waals surface area (Å²) in [6.07, 6.45) is 10.4. The molecule has 1 unspecified atom stereocenters. The minimum absolute atomic E-state index is 0.686. The van der Waals surface area contributed by atoms with Crippen molar-refractivity contribution in [1.82, 2.24) is 15.1 Å². The summed E-state index contributed by atoms with van der Waals surface area (Å²) in [6.45, 7) is 5.33. The van der Waals surface area contributed by atoms with E-state index in [2.05, 4.69) is 37.5 Å². The summed E-state index contributed by atoms with van der Waals surface area (Å²) in [4.78, 5) is 0. The van der Waals surface area contributed by atoms with E-state index in [1.807, 2.05) is 10.9 Å². The fourth-order valence-electron chi connectivity index (χ4n) is 2.04. The van der Waals surface area contributed by atoms with Gasteiger partial charge in [0.15, 0.2) is 0 Å². The van der Waals surface area contributed by atoms with E-state index in [0.717, 1.165) is 13.0 Å². The van der Waals surface area contributed by atoms with E-state index in [1.54, 1.807) is 0 Å². The van der Waals surface area contributed by atoms with Crippen molar-refractivity contribution in [2.24, 2.45) is 0 Å². The molecule has 1 atom stereocenters. The standard InChI is InChI=1S/C13H25N3/c1-4-7-13(14-3)9-6-8-12-10-15-16(5-2)11-12/h10-11,13-14H,4-9H2,1-3H3. The van der Waals surface area contributed by atoms with Crippen molar-refractivity contribution in [3.05, 3.63) is 18.0 Å². The highest BCUT2D eigenvalue weighted by atomic mass is 15.3. The van der Waals surface area contributed by atoms with Gasteiger partial charge in [0, 0.05) is 18.8 Å². The molecule has 1 heterocycles. The summed E-state index contributed by atoms with van der Waals surface area (Å²) in [5.74, 6) is 0. The van der Waals surface area contributed by atoms with Crippen LogP contribution in [0.4, 0.5) is 0 Å². The van der Waals surface area contributed by atoms with Crippen molar-refractivity contribution in [2.75, 3.05) is 7.05 Å². The zero-order valence-corrected chi connectivity index (χ0v) is 10.9. The van der Waals surface area contributed by atoms with Crippen LogP contribution in [-0.4, -0.2) is 22.9 Å². The molecule has 1 aromatic rings. The average Bonchev–Trinajstić information content (AvgIpc) is 2.76. The Morgan fingerprint density at radius 2 is 2.19 bits per heavy atom. The van der Waals surface area contributed by atoms with Crippen molar-refractivity contribution in [1.29, 1.82) is 0 Å². The molecule has 0 fully saturated rings. The number of hydrogen-bond donors (Lipinski definition) is 1. The van der Waals surface area contributed by atoms with Crippen LogP contribution >= 0.6 is 0 Å². The highest BCUT2D eigenvalue weighted by Crippen LogP contribution is 2.09. The molecule has 1 aromatic heterocycles. The van der Waals surface area contributed by atoms with Crippen LogP contribution in [0.2, 0.25) is 0 Å². The molecule has 1 N–H and O–H groups in total. The van der Waals surface area contributed by atoms with Gasteiger partial charge in [-0.2, -0.15) is 5.10 Å². The van der Waals surface area contributed by atoms with E-state index < -0.39 is 0 Å². The van der Waals surface area contributed by atoms with Crippen LogP contribution < -0.4 is 5.32 Å². The van der Waals surface area contributed by atoms with Gasteiger partial charge in [0.25, 0.3) is 0 Å². The molecule has 0 aliphatic carbocycles. The van der Waals surface area contributed by atoms with E-state index in [9.17, 15) is 0 Å². The molecule has 0 aliphatic heterocycles. The summed E-state index contributed by atoms with van der Waals surface area (Å²) < 4.78 is 2.00. The van der Waals surface area contributed by atoms with Gasteiger partial charge in [-0.1, -0.05) is 13.3 Å². The van der Waals surface area contributed by atoms with Gasteiger partial charge in [-0.3, -0.25) is 4.68 Å². The van der Waals surface area contributed by atoms with Crippen LogP contribution in [0.1, 0.15) is 45.1 Å². The number of aromatic nitrogens is 2. The molecule has 0 aromatic carbocycles. The molecule has 0 saturated heterocycles. The third-order valence-electron chi connectivity index (χ3n) is 3.07. The number of aryl methyl sites for hydroxylation is 2. The maximum Gasteiger partial charge on any atom is 0.0521 e.